The lowest BCUT2D eigenvalue weighted by Crippen LogP contribution is -2.15. The molecule has 0 atom stereocenters. The second kappa shape index (κ2) is 5.80. The molecule has 1 aliphatic carbocycles. The van der Waals surface area contributed by atoms with E-state index in [1.165, 1.54) is 29.0 Å². The van der Waals surface area contributed by atoms with Crippen LogP contribution >= 0.6 is 11.8 Å². The first-order valence-corrected chi connectivity index (χ1v) is 7.74. The van der Waals surface area contributed by atoms with E-state index in [1.807, 2.05) is 18.0 Å². The van der Waals surface area contributed by atoms with Gasteiger partial charge in [0.05, 0.1) is 5.75 Å². The Morgan fingerprint density at radius 1 is 1.37 bits per heavy atom. The highest BCUT2D eigenvalue weighted by atomic mass is 32.2. The van der Waals surface area contributed by atoms with Crippen molar-refractivity contribution in [3.63, 3.8) is 0 Å². The van der Waals surface area contributed by atoms with Crippen LogP contribution in [-0.4, -0.2) is 16.0 Å². The zero-order valence-electron chi connectivity index (χ0n) is 11.1. The van der Waals surface area contributed by atoms with E-state index in [9.17, 15) is 0 Å². The number of H-pyrrole nitrogens is 1. The summed E-state index contributed by atoms with van der Waals surface area (Å²) in [6.45, 7) is 3.06. The second-order valence-corrected chi connectivity index (χ2v) is 6.08. The van der Waals surface area contributed by atoms with Gasteiger partial charge in [0.15, 0.2) is 0 Å². The van der Waals surface area contributed by atoms with Crippen LogP contribution in [0.2, 0.25) is 0 Å². The third-order valence-electron chi connectivity index (χ3n) is 3.30. The summed E-state index contributed by atoms with van der Waals surface area (Å²) in [5, 5.41) is 3.49. The van der Waals surface area contributed by atoms with Crippen molar-refractivity contribution in [1.82, 2.24) is 15.3 Å². The molecular formula is C15H19N3S. The summed E-state index contributed by atoms with van der Waals surface area (Å²) in [7, 11) is 0. The molecule has 4 heteroatoms. The number of aryl methyl sites for hydroxylation is 1. The van der Waals surface area contributed by atoms with Crippen molar-refractivity contribution in [3.05, 3.63) is 47.5 Å². The van der Waals surface area contributed by atoms with E-state index < -0.39 is 0 Å². The summed E-state index contributed by atoms with van der Waals surface area (Å²) in [6.07, 6.45) is 4.59. The number of rotatable bonds is 6. The van der Waals surface area contributed by atoms with E-state index in [1.54, 1.807) is 0 Å². The number of hydrogen-bond donors (Lipinski definition) is 2. The Bertz CT molecular complexity index is 546. The van der Waals surface area contributed by atoms with E-state index in [0.717, 1.165) is 24.2 Å². The Morgan fingerprint density at radius 2 is 2.21 bits per heavy atom. The van der Waals surface area contributed by atoms with Gasteiger partial charge in [0, 0.05) is 29.4 Å². The summed E-state index contributed by atoms with van der Waals surface area (Å²) < 4.78 is 0. The summed E-state index contributed by atoms with van der Waals surface area (Å²) in [4.78, 5) is 9.16. The normalized spacial score (nSPS) is 14.8. The van der Waals surface area contributed by atoms with E-state index in [-0.39, 0.29) is 0 Å². The zero-order valence-corrected chi connectivity index (χ0v) is 12.0. The third kappa shape index (κ3) is 3.61. The van der Waals surface area contributed by atoms with E-state index >= 15 is 0 Å². The molecular weight excluding hydrogens is 254 g/mol. The summed E-state index contributed by atoms with van der Waals surface area (Å²) >= 11 is 1.84. The minimum absolute atomic E-state index is 0.744. The van der Waals surface area contributed by atoms with Gasteiger partial charge in [-0.15, -0.1) is 11.8 Å². The average Bonchev–Trinajstić information content (AvgIpc) is 3.14. The van der Waals surface area contributed by atoms with Gasteiger partial charge in [0.2, 0.25) is 0 Å². The van der Waals surface area contributed by atoms with Crippen LogP contribution in [0.1, 0.15) is 29.9 Å². The predicted octanol–water partition coefficient (Wildman–Crippen LogP) is 3.26. The number of imidazole rings is 1. The lowest BCUT2D eigenvalue weighted by molar-refractivity contribution is 0.676. The first-order valence-electron chi connectivity index (χ1n) is 6.76. The summed E-state index contributed by atoms with van der Waals surface area (Å²) in [5.41, 5.74) is 2.52. The van der Waals surface area contributed by atoms with Crippen LogP contribution in [-0.2, 0) is 12.3 Å². The Balaban J connectivity index is 1.53. The van der Waals surface area contributed by atoms with E-state index in [4.69, 9.17) is 0 Å². The third-order valence-corrected chi connectivity index (χ3v) is 4.48. The monoisotopic (exact) mass is 273 g/mol. The molecule has 1 saturated carbocycles. The minimum Gasteiger partial charge on any atom is -0.344 e. The van der Waals surface area contributed by atoms with Gasteiger partial charge in [-0.25, -0.2) is 4.98 Å². The summed E-state index contributed by atoms with van der Waals surface area (Å²) in [6, 6.07) is 9.22. The smallest absolute Gasteiger partial charge is 0.116 e. The minimum atomic E-state index is 0.744. The quantitative estimate of drug-likeness (QED) is 0.794. The Morgan fingerprint density at radius 3 is 3.00 bits per heavy atom. The molecule has 0 radical (unpaired) electrons. The number of hydrogen-bond acceptors (Lipinski definition) is 3. The predicted molar refractivity (Wildman–Crippen MR) is 79.2 cm³/mol. The lowest BCUT2D eigenvalue weighted by atomic mass is 10.2. The largest absolute Gasteiger partial charge is 0.344 e. The molecule has 0 bridgehead atoms. The number of benzene rings is 1. The van der Waals surface area contributed by atoms with Crippen LogP contribution in [0.15, 0.2) is 35.4 Å². The molecule has 0 amide bonds. The van der Waals surface area contributed by atoms with Crippen LogP contribution in [0.5, 0.6) is 0 Å². The fourth-order valence-electron chi connectivity index (χ4n) is 1.98. The molecule has 0 aliphatic heterocycles. The van der Waals surface area contributed by atoms with Crippen molar-refractivity contribution in [2.24, 2.45) is 0 Å². The maximum atomic E-state index is 4.44. The SMILES string of the molecule is Cc1ccccc1SCc1ncc(CNC2CC2)[nH]1. The number of thioether (sulfide) groups is 1. The molecule has 2 N–H and O–H groups in total. The van der Waals surface area contributed by atoms with Crippen LogP contribution < -0.4 is 5.32 Å². The number of nitrogens with one attached hydrogen (secondary N) is 2. The molecule has 100 valence electrons. The molecule has 0 saturated heterocycles. The number of aromatic nitrogens is 2. The van der Waals surface area contributed by atoms with Gasteiger partial charge in [-0.2, -0.15) is 0 Å². The topological polar surface area (TPSA) is 40.7 Å². The fraction of sp³-hybridized carbons (Fsp3) is 0.400. The van der Waals surface area contributed by atoms with Gasteiger partial charge in [-0.1, -0.05) is 18.2 Å². The van der Waals surface area contributed by atoms with Crippen molar-refractivity contribution in [3.8, 4) is 0 Å². The highest BCUT2D eigenvalue weighted by Gasteiger charge is 2.20. The molecule has 1 aromatic heterocycles. The van der Waals surface area contributed by atoms with Crippen molar-refractivity contribution in [2.75, 3.05) is 0 Å². The average molecular weight is 273 g/mol. The second-order valence-electron chi connectivity index (χ2n) is 5.06. The molecule has 19 heavy (non-hydrogen) atoms. The van der Waals surface area contributed by atoms with Gasteiger partial charge in [-0.05, 0) is 31.4 Å². The van der Waals surface area contributed by atoms with Gasteiger partial charge in [-0.3, -0.25) is 0 Å². The molecule has 2 aromatic rings. The van der Waals surface area contributed by atoms with Crippen molar-refractivity contribution >= 4 is 11.8 Å². The Hall–Kier alpha value is -1.26. The highest BCUT2D eigenvalue weighted by Crippen LogP contribution is 2.24. The molecule has 0 spiro atoms. The Kier molecular flexibility index (Phi) is 3.89. The molecule has 3 nitrogen and oxygen atoms in total. The van der Waals surface area contributed by atoms with Gasteiger partial charge >= 0.3 is 0 Å². The number of aromatic amines is 1. The van der Waals surface area contributed by atoms with Crippen LogP contribution in [0, 0.1) is 6.92 Å². The molecule has 1 fully saturated rings. The maximum absolute atomic E-state index is 4.44. The maximum Gasteiger partial charge on any atom is 0.116 e. The molecule has 3 rings (SSSR count). The van der Waals surface area contributed by atoms with Crippen LogP contribution in [0.3, 0.4) is 0 Å². The lowest BCUT2D eigenvalue weighted by Gasteiger charge is -2.03. The van der Waals surface area contributed by atoms with E-state index in [0.29, 0.717) is 0 Å². The molecule has 1 aromatic carbocycles. The first kappa shape index (κ1) is 12.8. The van der Waals surface area contributed by atoms with Crippen molar-refractivity contribution < 1.29 is 0 Å². The standard InChI is InChI=1S/C15H19N3S/c1-11-4-2-3-5-14(11)19-10-15-17-9-13(18-15)8-16-12-6-7-12/h2-5,9,12,16H,6-8,10H2,1H3,(H,17,18). The van der Waals surface area contributed by atoms with Crippen molar-refractivity contribution in [1.29, 1.82) is 0 Å². The molecule has 1 heterocycles. The molecule has 0 unspecified atom stereocenters. The highest BCUT2D eigenvalue weighted by molar-refractivity contribution is 7.98. The van der Waals surface area contributed by atoms with Gasteiger partial charge < -0.3 is 10.3 Å². The Labute approximate surface area is 118 Å². The fourth-order valence-corrected chi connectivity index (χ4v) is 2.88. The number of nitrogens with zero attached hydrogens (tertiary/aromatic N) is 1. The van der Waals surface area contributed by atoms with E-state index in [2.05, 4.69) is 46.5 Å². The van der Waals surface area contributed by atoms with Crippen LogP contribution in [0.4, 0.5) is 0 Å². The van der Waals surface area contributed by atoms with Crippen molar-refractivity contribution in [2.45, 2.75) is 43.0 Å². The first-order chi connectivity index (χ1) is 9.31. The van der Waals surface area contributed by atoms with Gasteiger partial charge in [0.25, 0.3) is 0 Å². The zero-order chi connectivity index (χ0) is 13.1. The summed E-state index contributed by atoms with van der Waals surface area (Å²) in [5.74, 6) is 1.95. The molecule has 1 aliphatic rings. The van der Waals surface area contributed by atoms with Gasteiger partial charge in [0.1, 0.15) is 5.82 Å². The van der Waals surface area contributed by atoms with Crippen LogP contribution in [0.25, 0.3) is 0 Å².